The Hall–Kier alpha value is -2.49. The Balaban J connectivity index is 2.10. The Labute approximate surface area is 189 Å². The van der Waals surface area contributed by atoms with Crippen molar-refractivity contribution in [3.05, 3.63) is 29.8 Å². The molecule has 9 heteroatoms. The third-order valence-electron chi connectivity index (χ3n) is 5.58. The van der Waals surface area contributed by atoms with E-state index < -0.39 is 48.5 Å². The highest BCUT2D eigenvalue weighted by Gasteiger charge is 2.54. The van der Waals surface area contributed by atoms with Crippen LogP contribution >= 0.6 is 0 Å². The largest absolute Gasteiger partial charge is 0.394 e. The third-order valence-corrected chi connectivity index (χ3v) is 5.58. The summed E-state index contributed by atoms with van der Waals surface area (Å²) in [6.45, 7) is 8.43. The minimum atomic E-state index is -1.27. The summed E-state index contributed by atoms with van der Waals surface area (Å²) in [6, 6.07) is 4.91. The Morgan fingerprint density at radius 1 is 1.12 bits per heavy atom. The van der Waals surface area contributed by atoms with Gasteiger partial charge in [-0.3, -0.25) is 14.4 Å². The summed E-state index contributed by atoms with van der Waals surface area (Å²) in [5.41, 5.74) is -0.0228. The van der Waals surface area contributed by atoms with Gasteiger partial charge in [-0.05, 0) is 44.4 Å². The molecule has 0 saturated carbocycles. The number of carbonyl (C=O) groups excluding carboxylic acids is 3. The van der Waals surface area contributed by atoms with E-state index in [1.807, 2.05) is 33.8 Å². The number of ether oxygens (including phenoxy) is 1. The van der Waals surface area contributed by atoms with Crippen LogP contribution in [0.5, 0.6) is 0 Å². The van der Waals surface area contributed by atoms with E-state index in [2.05, 4.69) is 15.5 Å². The molecule has 1 aromatic rings. The number of anilines is 1. The molecule has 1 aliphatic heterocycles. The number of hydrogen-bond donors (Lipinski definition) is 4. The highest BCUT2D eigenvalue weighted by molar-refractivity contribution is 6.00. The average molecular weight is 450 g/mol. The number of hydrogen-bond acceptors (Lipinski definition) is 7. The number of amides is 2. The molecule has 1 aliphatic rings. The van der Waals surface area contributed by atoms with Gasteiger partial charge in [0.05, 0.1) is 25.9 Å². The van der Waals surface area contributed by atoms with E-state index in [4.69, 9.17) is 4.74 Å². The van der Waals surface area contributed by atoms with Crippen molar-refractivity contribution < 1.29 is 29.3 Å². The molecular weight excluding hydrogens is 414 g/mol. The van der Waals surface area contributed by atoms with Crippen molar-refractivity contribution in [2.75, 3.05) is 37.8 Å². The molecule has 178 valence electrons. The van der Waals surface area contributed by atoms with Gasteiger partial charge in [-0.1, -0.05) is 19.9 Å². The van der Waals surface area contributed by atoms with E-state index in [1.165, 1.54) is 0 Å². The van der Waals surface area contributed by atoms with Crippen molar-refractivity contribution in [2.24, 2.45) is 5.92 Å². The van der Waals surface area contributed by atoms with Crippen molar-refractivity contribution in [3.63, 3.8) is 0 Å². The minimum absolute atomic E-state index is 0.0868. The number of epoxide rings is 1. The quantitative estimate of drug-likeness (QED) is 0.322. The molecule has 0 aromatic heterocycles. The second-order valence-electron chi connectivity index (χ2n) is 8.43. The molecule has 4 N–H and O–H groups in total. The van der Waals surface area contributed by atoms with Crippen molar-refractivity contribution in [2.45, 2.75) is 51.8 Å². The van der Waals surface area contributed by atoms with Crippen LogP contribution < -0.4 is 15.5 Å². The maximum atomic E-state index is 12.8. The predicted octanol–water partition coefficient (Wildman–Crippen LogP) is 0.485. The second-order valence-corrected chi connectivity index (χ2v) is 8.43. The summed E-state index contributed by atoms with van der Waals surface area (Å²) < 4.78 is 5.14. The van der Waals surface area contributed by atoms with Gasteiger partial charge >= 0.3 is 0 Å². The molecule has 2 unspecified atom stereocenters. The first kappa shape index (κ1) is 25.8. The highest BCUT2D eigenvalue weighted by atomic mass is 16.6. The zero-order valence-electron chi connectivity index (χ0n) is 19.3. The van der Waals surface area contributed by atoms with Gasteiger partial charge in [-0.25, -0.2) is 0 Å². The molecule has 9 nitrogen and oxygen atoms in total. The molecule has 2 amide bonds. The molecular formula is C23H35N3O6. The standard InChI is InChI=1S/C23H35N3O6/c1-5-26(6-2)17-9-7-8-16(11-17)21(30)25-19(12-27)22(31)24-18(10-15(3)4)20(29)23(13-28)14-32-23/h7-9,11,15,18-19,27-28H,5-6,10,12-14H2,1-4H3,(H,24,31)(H,25,30)/t18?,19-,23?/m0/s1. The smallest absolute Gasteiger partial charge is 0.252 e. The third kappa shape index (κ3) is 6.27. The van der Waals surface area contributed by atoms with Crippen LogP contribution in [0.2, 0.25) is 0 Å². The SMILES string of the molecule is CCN(CC)c1cccc(C(=O)N[C@@H](CO)C(=O)NC(CC(C)C)C(=O)C2(CO)CO2)c1. The van der Waals surface area contributed by atoms with Crippen LogP contribution in [-0.4, -0.2) is 78.4 Å². The zero-order chi connectivity index (χ0) is 23.9. The fourth-order valence-electron chi connectivity index (χ4n) is 3.56. The van der Waals surface area contributed by atoms with E-state index in [9.17, 15) is 24.6 Å². The van der Waals surface area contributed by atoms with E-state index in [0.29, 0.717) is 12.0 Å². The predicted molar refractivity (Wildman–Crippen MR) is 121 cm³/mol. The normalized spacial score (nSPS) is 19.2. The number of nitrogens with zero attached hydrogens (tertiary/aromatic N) is 1. The Morgan fingerprint density at radius 2 is 1.78 bits per heavy atom. The number of ketones is 1. The monoisotopic (exact) mass is 449 g/mol. The Kier molecular flexibility index (Phi) is 9.18. The Bertz CT molecular complexity index is 805. The summed E-state index contributed by atoms with van der Waals surface area (Å²) in [6.07, 6.45) is 0.341. The number of carbonyl (C=O) groups is 3. The summed E-state index contributed by atoms with van der Waals surface area (Å²) in [5.74, 6) is -1.49. The van der Waals surface area contributed by atoms with Gasteiger partial charge in [-0.15, -0.1) is 0 Å². The molecule has 0 spiro atoms. The molecule has 3 atom stereocenters. The molecule has 0 aliphatic carbocycles. The molecule has 32 heavy (non-hydrogen) atoms. The first-order chi connectivity index (χ1) is 15.2. The van der Waals surface area contributed by atoms with E-state index >= 15 is 0 Å². The summed E-state index contributed by atoms with van der Waals surface area (Å²) in [5, 5.41) is 24.4. The molecule has 0 bridgehead atoms. The molecule has 2 rings (SSSR count). The fourth-order valence-corrected chi connectivity index (χ4v) is 3.56. The lowest BCUT2D eigenvalue weighted by Gasteiger charge is -2.25. The lowest BCUT2D eigenvalue weighted by Crippen LogP contribution is -2.55. The average Bonchev–Trinajstić information content (AvgIpc) is 3.58. The van der Waals surface area contributed by atoms with Crippen LogP contribution in [0, 0.1) is 5.92 Å². The number of aliphatic hydroxyl groups excluding tert-OH is 2. The van der Waals surface area contributed by atoms with Crippen molar-refractivity contribution in [1.82, 2.24) is 10.6 Å². The van der Waals surface area contributed by atoms with Gasteiger partial charge < -0.3 is 30.5 Å². The van der Waals surface area contributed by atoms with Crippen molar-refractivity contribution in [3.8, 4) is 0 Å². The van der Waals surface area contributed by atoms with Crippen LogP contribution in [0.1, 0.15) is 44.5 Å². The number of benzene rings is 1. The lowest BCUT2D eigenvalue weighted by atomic mass is 9.92. The second kappa shape index (κ2) is 11.4. The van der Waals surface area contributed by atoms with E-state index in [-0.39, 0.29) is 12.5 Å². The lowest BCUT2D eigenvalue weighted by molar-refractivity contribution is -0.133. The van der Waals surface area contributed by atoms with Gasteiger partial charge in [0.25, 0.3) is 5.91 Å². The van der Waals surface area contributed by atoms with Gasteiger partial charge in [0, 0.05) is 24.3 Å². The number of rotatable bonds is 13. The van der Waals surface area contributed by atoms with Crippen LogP contribution in [0.3, 0.4) is 0 Å². The summed E-state index contributed by atoms with van der Waals surface area (Å²) in [4.78, 5) is 40.4. The minimum Gasteiger partial charge on any atom is -0.394 e. The molecule has 1 fully saturated rings. The topological polar surface area (TPSA) is 132 Å². The van der Waals surface area contributed by atoms with Gasteiger partial charge in [0.2, 0.25) is 5.91 Å². The van der Waals surface area contributed by atoms with Crippen LogP contribution in [0.15, 0.2) is 24.3 Å². The zero-order valence-corrected chi connectivity index (χ0v) is 19.3. The molecule has 0 radical (unpaired) electrons. The van der Waals surface area contributed by atoms with Gasteiger partial charge in [0.1, 0.15) is 6.04 Å². The van der Waals surface area contributed by atoms with Crippen molar-refractivity contribution >= 4 is 23.3 Å². The van der Waals surface area contributed by atoms with Gasteiger partial charge in [0.15, 0.2) is 11.4 Å². The van der Waals surface area contributed by atoms with Crippen LogP contribution in [0.4, 0.5) is 5.69 Å². The van der Waals surface area contributed by atoms with Crippen LogP contribution in [0.25, 0.3) is 0 Å². The summed E-state index contributed by atoms with van der Waals surface area (Å²) in [7, 11) is 0. The fraction of sp³-hybridized carbons (Fsp3) is 0.609. The van der Waals surface area contributed by atoms with Crippen LogP contribution in [-0.2, 0) is 14.3 Å². The van der Waals surface area contributed by atoms with Gasteiger partial charge in [-0.2, -0.15) is 0 Å². The summed E-state index contributed by atoms with van der Waals surface area (Å²) >= 11 is 0. The van der Waals surface area contributed by atoms with E-state index in [0.717, 1.165) is 18.8 Å². The first-order valence-corrected chi connectivity index (χ1v) is 11.1. The van der Waals surface area contributed by atoms with E-state index in [1.54, 1.807) is 18.2 Å². The number of nitrogens with one attached hydrogen (secondary N) is 2. The number of aliphatic hydroxyl groups is 2. The maximum absolute atomic E-state index is 12.8. The number of Topliss-reactive ketones (excluding diaryl/α,β-unsaturated/α-hetero) is 1. The molecule has 1 heterocycles. The molecule has 1 saturated heterocycles. The first-order valence-electron chi connectivity index (χ1n) is 11.1. The van der Waals surface area contributed by atoms with Crippen molar-refractivity contribution in [1.29, 1.82) is 0 Å². The maximum Gasteiger partial charge on any atom is 0.252 e. The molecule has 1 aromatic carbocycles. The highest BCUT2D eigenvalue weighted by Crippen LogP contribution is 2.30. The Morgan fingerprint density at radius 3 is 2.28 bits per heavy atom.